The van der Waals surface area contributed by atoms with E-state index < -0.39 is 5.97 Å². The predicted molar refractivity (Wildman–Crippen MR) is 69.2 cm³/mol. The van der Waals surface area contributed by atoms with E-state index in [4.69, 9.17) is 16.7 Å². The molecule has 0 radical (unpaired) electrons. The molecule has 3 nitrogen and oxygen atoms in total. The zero-order valence-electron chi connectivity index (χ0n) is 9.74. The van der Waals surface area contributed by atoms with Gasteiger partial charge in [-0.15, -0.1) is 0 Å². The van der Waals surface area contributed by atoms with Crippen molar-refractivity contribution in [3.05, 3.63) is 46.5 Å². The van der Waals surface area contributed by atoms with Gasteiger partial charge in [0.1, 0.15) is 0 Å². The second-order valence-corrected chi connectivity index (χ2v) is 4.08. The molecule has 0 atom stereocenters. The fraction of sp³-hybridized carbons (Fsp3) is 0.308. The highest BCUT2D eigenvalue weighted by Gasteiger charge is 2.02. The van der Waals surface area contributed by atoms with Crippen molar-refractivity contribution in [3.63, 3.8) is 0 Å². The van der Waals surface area contributed by atoms with Gasteiger partial charge < -0.3 is 10.4 Å². The number of rotatable bonds is 6. The summed E-state index contributed by atoms with van der Waals surface area (Å²) in [4.78, 5) is 10.7. The van der Waals surface area contributed by atoms with Crippen molar-refractivity contribution in [1.82, 2.24) is 5.32 Å². The standard InChI is InChI=1S/C13H16ClNO2/c1-2-11(13(16)17)7-8-15-9-10-3-5-12(14)6-4-10/h3-7,15H,2,8-9H2,1H3,(H,16,17)/b11-7-. The molecule has 0 saturated carbocycles. The van der Waals surface area contributed by atoms with E-state index in [0.29, 0.717) is 30.1 Å². The fourth-order valence-corrected chi connectivity index (χ4v) is 1.52. The van der Waals surface area contributed by atoms with Crippen molar-refractivity contribution in [2.75, 3.05) is 6.54 Å². The molecule has 0 heterocycles. The Morgan fingerprint density at radius 1 is 1.41 bits per heavy atom. The Kier molecular flexibility index (Phi) is 5.73. The van der Waals surface area contributed by atoms with Gasteiger partial charge in [-0.3, -0.25) is 0 Å². The molecule has 0 bridgehead atoms. The third-order valence-corrected chi connectivity index (χ3v) is 2.64. The van der Waals surface area contributed by atoms with E-state index in [9.17, 15) is 4.79 Å². The molecule has 0 aliphatic heterocycles. The van der Waals surface area contributed by atoms with Crippen LogP contribution in [0, 0.1) is 0 Å². The molecule has 1 aromatic carbocycles. The Morgan fingerprint density at radius 3 is 2.59 bits per heavy atom. The van der Waals surface area contributed by atoms with Gasteiger partial charge in [-0.1, -0.05) is 36.7 Å². The summed E-state index contributed by atoms with van der Waals surface area (Å²) in [6.45, 7) is 3.08. The van der Waals surface area contributed by atoms with Crippen LogP contribution >= 0.6 is 11.6 Å². The Bertz CT molecular complexity index is 398. The van der Waals surface area contributed by atoms with Crippen molar-refractivity contribution < 1.29 is 9.90 Å². The van der Waals surface area contributed by atoms with Crippen molar-refractivity contribution in [1.29, 1.82) is 0 Å². The third-order valence-electron chi connectivity index (χ3n) is 2.39. The van der Waals surface area contributed by atoms with E-state index in [1.165, 1.54) is 0 Å². The number of nitrogens with one attached hydrogen (secondary N) is 1. The van der Waals surface area contributed by atoms with Crippen LogP contribution in [0.15, 0.2) is 35.9 Å². The Hall–Kier alpha value is -1.32. The summed E-state index contributed by atoms with van der Waals surface area (Å²) in [5.74, 6) is -0.846. The highest BCUT2D eigenvalue weighted by Crippen LogP contribution is 2.09. The van der Waals surface area contributed by atoms with Gasteiger partial charge >= 0.3 is 5.97 Å². The normalized spacial score (nSPS) is 11.5. The first-order valence-electron chi connectivity index (χ1n) is 5.51. The number of carbonyl (C=O) groups is 1. The highest BCUT2D eigenvalue weighted by molar-refractivity contribution is 6.30. The lowest BCUT2D eigenvalue weighted by molar-refractivity contribution is -0.132. The maximum Gasteiger partial charge on any atom is 0.331 e. The maximum atomic E-state index is 10.7. The third kappa shape index (κ3) is 5.02. The molecule has 0 saturated heterocycles. The Morgan fingerprint density at radius 2 is 2.06 bits per heavy atom. The summed E-state index contributed by atoms with van der Waals surface area (Å²) < 4.78 is 0. The van der Waals surface area contributed by atoms with Crippen LogP contribution in [0.25, 0.3) is 0 Å². The molecule has 92 valence electrons. The van der Waals surface area contributed by atoms with Gasteiger partial charge in [0.15, 0.2) is 0 Å². The second kappa shape index (κ2) is 7.09. The highest BCUT2D eigenvalue weighted by atomic mass is 35.5. The number of carboxylic acid groups (broad SMARTS) is 1. The largest absolute Gasteiger partial charge is 0.478 e. The fourth-order valence-electron chi connectivity index (χ4n) is 1.40. The SMILES string of the molecule is CC/C(=C/CNCc1ccc(Cl)cc1)C(=O)O. The number of benzene rings is 1. The van der Waals surface area contributed by atoms with Gasteiger partial charge in [0.25, 0.3) is 0 Å². The number of hydrogen-bond donors (Lipinski definition) is 2. The van der Waals surface area contributed by atoms with E-state index in [1.54, 1.807) is 6.08 Å². The molecule has 0 aromatic heterocycles. The van der Waals surface area contributed by atoms with E-state index in [-0.39, 0.29) is 0 Å². The molecule has 1 rings (SSSR count). The average molecular weight is 254 g/mol. The quantitative estimate of drug-likeness (QED) is 0.605. The topological polar surface area (TPSA) is 49.3 Å². The van der Waals surface area contributed by atoms with E-state index in [0.717, 1.165) is 5.56 Å². The molecule has 0 fully saturated rings. The van der Waals surface area contributed by atoms with E-state index in [2.05, 4.69) is 5.32 Å². The molecule has 0 amide bonds. The van der Waals surface area contributed by atoms with Crippen molar-refractivity contribution >= 4 is 17.6 Å². The van der Waals surface area contributed by atoms with Crippen LogP contribution in [0.2, 0.25) is 5.02 Å². The zero-order valence-corrected chi connectivity index (χ0v) is 10.5. The van der Waals surface area contributed by atoms with Gasteiger partial charge in [0, 0.05) is 23.7 Å². The molecule has 4 heteroatoms. The summed E-state index contributed by atoms with van der Waals surface area (Å²) >= 11 is 5.77. The van der Waals surface area contributed by atoms with Gasteiger partial charge in [-0.25, -0.2) is 4.79 Å². The van der Waals surface area contributed by atoms with Crippen LogP contribution in [0.5, 0.6) is 0 Å². The zero-order chi connectivity index (χ0) is 12.7. The van der Waals surface area contributed by atoms with Crippen LogP contribution in [0.1, 0.15) is 18.9 Å². The lowest BCUT2D eigenvalue weighted by Crippen LogP contribution is -2.14. The Labute approximate surface area is 106 Å². The van der Waals surface area contributed by atoms with Crippen LogP contribution in [-0.2, 0) is 11.3 Å². The first kappa shape index (κ1) is 13.7. The summed E-state index contributed by atoms with van der Waals surface area (Å²) in [5.41, 5.74) is 1.56. The Balaban J connectivity index is 2.37. The van der Waals surface area contributed by atoms with Crippen molar-refractivity contribution in [2.45, 2.75) is 19.9 Å². The van der Waals surface area contributed by atoms with Gasteiger partial charge in [0.2, 0.25) is 0 Å². The summed E-state index contributed by atoms with van der Waals surface area (Å²) in [7, 11) is 0. The number of aliphatic carboxylic acids is 1. The molecule has 17 heavy (non-hydrogen) atoms. The van der Waals surface area contributed by atoms with Crippen molar-refractivity contribution in [2.24, 2.45) is 0 Å². The summed E-state index contributed by atoms with van der Waals surface area (Å²) in [5, 5.41) is 12.7. The minimum atomic E-state index is -0.846. The van der Waals surface area contributed by atoms with Gasteiger partial charge in [-0.2, -0.15) is 0 Å². The number of carboxylic acids is 1. The molecule has 0 unspecified atom stereocenters. The molecule has 0 aliphatic carbocycles. The minimum Gasteiger partial charge on any atom is -0.478 e. The summed E-state index contributed by atoms with van der Waals surface area (Å²) in [6, 6.07) is 7.56. The first-order chi connectivity index (χ1) is 8.13. The number of hydrogen-bond acceptors (Lipinski definition) is 2. The van der Waals surface area contributed by atoms with E-state index in [1.807, 2.05) is 31.2 Å². The molecule has 0 aliphatic rings. The predicted octanol–water partition coefficient (Wildman–Crippen LogP) is 2.85. The van der Waals surface area contributed by atoms with Gasteiger partial charge in [-0.05, 0) is 24.1 Å². The lowest BCUT2D eigenvalue weighted by atomic mass is 10.2. The van der Waals surface area contributed by atoms with Crippen molar-refractivity contribution in [3.8, 4) is 0 Å². The average Bonchev–Trinajstić information content (AvgIpc) is 2.31. The molecular weight excluding hydrogens is 238 g/mol. The van der Waals surface area contributed by atoms with Crippen LogP contribution in [-0.4, -0.2) is 17.6 Å². The van der Waals surface area contributed by atoms with E-state index >= 15 is 0 Å². The molecular formula is C13H16ClNO2. The maximum absolute atomic E-state index is 10.7. The molecule has 1 aromatic rings. The first-order valence-corrected chi connectivity index (χ1v) is 5.88. The molecule has 2 N–H and O–H groups in total. The molecule has 0 spiro atoms. The summed E-state index contributed by atoms with van der Waals surface area (Å²) in [6.07, 6.45) is 2.25. The van der Waals surface area contributed by atoms with Gasteiger partial charge in [0.05, 0.1) is 0 Å². The monoisotopic (exact) mass is 253 g/mol. The van der Waals surface area contributed by atoms with Crippen LogP contribution < -0.4 is 5.32 Å². The lowest BCUT2D eigenvalue weighted by Gasteiger charge is -2.03. The number of halogens is 1. The minimum absolute atomic E-state index is 0.439. The van der Waals surface area contributed by atoms with Crippen LogP contribution in [0.4, 0.5) is 0 Å². The second-order valence-electron chi connectivity index (χ2n) is 3.65. The van der Waals surface area contributed by atoms with Crippen LogP contribution in [0.3, 0.4) is 0 Å². The smallest absolute Gasteiger partial charge is 0.331 e.